The number of ether oxygens (including phenoxy) is 4. The number of carbonyl (C=O) groups excluding carboxylic acids is 2. The summed E-state index contributed by atoms with van der Waals surface area (Å²) >= 11 is 0. The average molecular weight is 448 g/mol. The number of amides is 2. The Labute approximate surface area is 191 Å². The summed E-state index contributed by atoms with van der Waals surface area (Å²) in [5.41, 5.74) is 1.17. The van der Waals surface area contributed by atoms with E-state index in [-0.39, 0.29) is 24.7 Å². The molecule has 4 heterocycles. The van der Waals surface area contributed by atoms with Crippen LogP contribution in [0.3, 0.4) is 0 Å². The van der Waals surface area contributed by atoms with E-state index in [1.807, 2.05) is 54.6 Å². The highest BCUT2D eigenvalue weighted by Crippen LogP contribution is 2.52. The first-order valence-electron chi connectivity index (χ1n) is 11.0. The molecule has 2 amide bonds. The zero-order valence-electron chi connectivity index (χ0n) is 18.2. The molecule has 0 radical (unpaired) electrons. The largest absolute Gasteiger partial charge is 0.497 e. The molecule has 0 aliphatic carbocycles. The van der Waals surface area contributed by atoms with Crippen LogP contribution in [0.4, 0.5) is 0 Å². The maximum atomic E-state index is 13.4. The summed E-state index contributed by atoms with van der Waals surface area (Å²) in [6.45, 7) is 1.44. The lowest BCUT2D eigenvalue weighted by atomic mass is 9.77. The predicted molar refractivity (Wildman–Crippen MR) is 117 cm³/mol. The van der Waals surface area contributed by atoms with Crippen LogP contribution in [0, 0.1) is 11.8 Å². The van der Waals surface area contributed by atoms with Gasteiger partial charge in [0.15, 0.2) is 11.5 Å². The number of rotatable bonds is 6. The van der Waals surface area contributed by atoms with Gasteiger partial charge in [-0.15, -0.1) is 0 Å². The van der Waals surface area contributed by atoms with E-state index in [4.69, 9.17) is 18.9 Å². The Balaban J connectivity index is 1.16. The van der Waals surface area contributed by atoms with Crippen LogP contribution in [0.25, 0.3) is 0 Å². The van der Waals surface area contributed by atoms with E-state index in [2.05, 4.69) is 5.32 Å². The second-order valence-electron chi connectivity index (χ2n) is 8.85. The fourth-order valence-corrected chi connectivity index (χ4v) is 5.32. The van der Waals surface area contributed by atoms with E-state index in [0.717, 1.165) is 16.9 Å². The number of nitrogens with one attached hydrogen (secondary N) is 1. The number of hydrogen-bond donors (Lipinski definition) is 1. The van der Waals surface area contributed by atoms with Gasteiger partial charge in [0.2, 0.25) is 18.6 Å². The summed E-state index contributed by atoms with van der Waals surface area (Å²) in [6.07, 6.45) is 3.51. The van der Waals surface area contributed by atoms with Crippen molar-refractivity contribution in [1.29, 1.82) is 0 Å². The summed E-state index contributed by atoms with van der Waals surface area (Å²) in [4.78, 5) is 28.4. The number of methoxy groups -OCH3 is 1. The quantitative estimate of drug-likeness (QED) is 0.681. The maximum Gasteiger partial charge on any atom is 0.231 e. The van der Waals surface area contributed by atoms with Gasteiger partial charge in [-0.2, -0.15) is 0 Å². The van der Waals surface area contributed by atoms with Gasteiger partial charge in [-0.05, 0) is 35.4 Å². The summed E-state index contributed by atoms with van der Waals surface area (Å²) in [6, 6.07) is 13.2. The first-order valence-corrected chi connectivity index (χ1v) is 11.0. The summed E-state index contributed by atoms with van der Waals surface area (Å²) < 4.78 is 22.2. The van der Waals surface area contributed by atoms with E-state index >= 15 is 0 Å². The van der Waals surface area contributed by atoms with Gasteiger partial charge in [0.1, 0.15) is 11.4 Å². The number of hydrogen-bond acceptors (Lipinski definition) is 6. The average Bonchev–Trinajstić information content (AvgIpc) is 3.59. The minimum absolute atomic E-state index is 0.0517. The van der Waals surface area contributed by atoms with Gasteiger partial charge in [-0.3, -0.25) is 9.59 Å². The number of fused-ring (bicyclic) bond motifs is 2. The van der Waals surface area contributed by atoms with Crippen molar-refractivity contribution >= 4 is 11.8 Å². The summed E-state index contributed by atoms with van der Waals surface area (Å²) in [5.74, 6) is 0.887. The van der Waals surface area contributed by atoms with Crippen LogP contribution in [0.5, 0.6) is 17.2 Å². The molecule has 8 heteroatoms. The second-order valence-corrected chi connectivity index (χ2v) is 8.85. The highest BCUT2D eigenvalue weighted by molar-refractivity contribution is 5.93. The molecule has 170 valence electrons. The summed E-state index contributed by atoms with van der Waals surface area (Å²) in [7, 11) is 1.61. The molecule has 4 aliphatic heterocycles. The molecule has 0 aromatic heterocycles. The minimum Gasteiger partial charge on any atom is -0.497 e. The van der Waals surface area contributed by atoms with Gasteiger partial charge in [0.05, 0.1) is 31.6 Å². The number of benzene rings is 2. The highest BCUT2D eigenvalue weighted by atomic mass is 16.7. The van der Waals surface area contributed by atoms with Crippen LogP contribution in [0.2, 0.25) is 0 Å². The topological polar surface area (TPSA) is 86.3 Å². The molecule has 4 aliphatic rings. The standard InChI is InChI=1S/C25H24N2O6/c1-30-17-5-2-15(3-6-17)11-26-23(28)21-19-8-9-25(33-19)13-27(24(29)22(21)25)12-16-4-7-18-20(10-16)32-14-31-18/h2-10,19,21-22H,11-14H2,1H3,(H,26,28)/t19-,21+,22+,25-/m1/s1. The molecule has 6 rings (SSSR count). The van der Waals surface area contributed by atoms with Crippen molar-refractivity contribution in [3.8, 4) is 17.2 Å². The monoisotopic (exact) mass is 448 g/mol. The van der Waals surface area contributed by atoms with Gasteiger partial charge in [0, 0.05) is 13.1 Å². The predicted octanol–water partition coefficient (Wildman–Crippen LogP) is 2.02. The van der Waals surface area contributed by atoms with Crippen molar-refractivity contribution in [3.05, 3.63) is 65.7 Å². The van der Waals surface area contributed by atoms with Crippen LogP contribution in [0.1, 0.15) is 11.1 Å². The van der Waals surface area contributed by atoms with Gasteiger partial charge in [-0.25, -0.2) is 0 Å². The Morgan fingerprint density at radius 2 is 1.94 bits per heavy atom. The fraction of sp³-hybridized carbons (Fsp3) is 0.360. The number of likely N-dealkylation sites (tertiary alicyclic amines) is 1. The van der Waals surface area contributed by atoms with Crippen LogP contribution in [-0.4, -0.2) is 48.9 Å². The molecule has 2 fully saturated rings. The molecule has 2 bridgehead atoms. The molecule has 0 unspecified atom stereocenters. The fourth-order valence-electron chi connectivity index (χ4n) is 5.32. The normalized spacial score (nSPS) is 28.3. The molecule has 2 saturated heterocycles. The van der Waals surface area contributed by atoms with Crippen molar-refractivity contribution in [1.82, 2.24) is 10.2 Å². The third kappa shape index (κ3) is 3.24. The van der Waals surface area contributed by atoms with Gasteiger partial charge >= 0.3 is 0 Å². The van der Waals surface area contributed by atoms with Crippen LogP contribution in [0.15, 0.2) is 54.6 Å². The van der Waals surface area contributed by atoms with Crippen molar-refractivity contribution in [3.63, 3.8) is 0 Å². The summed E-state index contributed by atoms with van der Waals surface area (Å²) in [5, 5.41) is 2.99. The van der Waals surface area contributed by atoms with E-state index in [0.29, 0.717) is 31.1 Å². The van der Waals surface area contributed by atoms with Crippen molar-refractivity contribution in [2.75, 3.05) is 20.4 Å². The Morgan fingerprint density at radius 1 is 1.15 bits per heavy atom. The SMILES string of the molecule is COc1ccc(CNC(=O)[C@@H]2[C@H]3C(=O)N(Cc4ccc5c(c4)OCO5)C[C@]34C=C[C@H]2O4)cc1. The van der Waals surface area contributed by atoms with Crippen molar-refractivity contribution in [2.45, 2.75) is 24.8 Å². The second kappa shape index (κ2) is 7.52. The third-order valence-corrected chi connectivity index (χ3v) is 6.92. The lowest BCUT2D eigenvalue weighted by Gasteiger charge is -2.23. The van der Waals surface area contributed by atoms with Gasteiger partial charge < -0.3 is 29.2 Å². The first-order chi connectivity index (χ1) is 16.1. The lowest BCUT2D eigenvalue weighted by Crippen LogP contribution is -2.43. The Bertz CT molecular complexity index is 1150. The lowest BCUT2D eigenvalue weighted by molar-refractivity contribution is -0.137. The zero-order chi connectivity index (χ0) is 22.6. The highest BCUT2D eigenvalue weighted by Gasteiger charge is 2.66. The minimum atomic E-state index is -0.736. The molecule has 33 heavy (non-hydrogen) atoms. The Morgan fingerprint density at radius 3 is 2.76 bits per heavy atom. The van der Waals surface area contributed by atoms with E-state index in [1.54, 1.807) is 12.0 Å². The van der Waals surface area contributed by atoms with Crippen LogP contribution >= 0.6 is 0 Å². The van der Waals surface area contributed by atoms with Gasteiger partial charge in [0.25, 0.3) is 0 Å². The van der Waals surface area contributed by atoms with E-state index < -0.39 is 17.4 Å². The molecular formula is C25H24N2O6. The molecule has 4 atom stereocenters. The van der Waals surface area contributed by atoms with E-state index in [1.165, 1.54) is 0 Å². The molecule has 8 nitrogen and oxygen atoms in total. The van der Waals surface area contributed by atoms with Gasteiger partial charge in [-0.1, -0.05) is 30.4 Å². The Kier molecular flexibility index (Phi) is 4.58. The maximum absolute atomic E-state index is 13.4. The molecule has 0 saturated carbocycles. The smallest absolute Gasteiger partial charge is 0.231 e. The van der Waals surface area contributed by atoms with Crippen molar-refractivity contribution < 1.29 is 28.5 Å². The third-order valence-electron chi connectivity index (χ3n) is 6.92. The molecule has 2 aromatic rings. The number of nitrogens with zero attached hydrogens (tertiary/aromatic N) is 1. The van der Waals surface area contributed by atoms with Crippen molar-refractivity contribution in [2.24, 2.45) is 11.8 Å². The molecular weight excluding hydrogens is 424 g/mol. The first kappa shape index (κ1) is 20.1. The Hall–Kier alpha value is -3.52. The zero-order valence-corrected chi connectivity index (χ0v) is 18.2. The van der Waals surface area contributed by atoms with E-state index in [9.17, 15) is 9.59 Å². The molecule has 2 aromatic carbocycles. The molecule has 1 spiro atoms. The molecule has 1 N–H and O–H groups in total. The number of carbonyl (C=O) groups is 2. The van der Waals surface area contributed by atoms with Crippen LogP contribution in [-0.2, 0) is 27.4 Å². The van der Waals surface area contributed by atoms with Crippen LogP contribution < -0.4 is 19.5 Å².